The Labute approximate surface area is 169 Å². The van der Waals surface area contributed by atoms with Crippen LogP contribution in [0.15, 0.2) is 59.0 Å². The summed E-state index contributed by atoms with van der Waals surface area (Å²) >= 11 is 6.51. The van der Waals surface area contributed by atoms with Crippen LogP contribution in [0.3, 0.4) is 0 Å². The standard InChI is InChI=1S/C17H20INOS2.C2H6/c1-4-14(13(3)17(5-2)22-21)10-11-19(12-20)16-8-6-15(18)7-9-16;1-2/h4-9,12,21H,2,10-11H2,1,3H3;1-2H3/b14-4-,17-13+;. The first-order valence-corrected chi connectivity index (χ1v) is 10.8. The van der Waals surface area contributed by atoms with Crippen molar-refractivity contribution in [3.05, 3.63) is 62.6 Å². The molecule has 0 aromatic heterocycles. The van der Waals surface area contributed by atoms with Crippen molar-refractivity contribution in [2.45, 2.75) is 34.1 Å². The molecule has 1 aromatic carbocycles. The lowest BCUT2D eigenvalue weighted by Gasteiger charge is -2.19. The van der Waals surface area contributed by atoms with Crippen molar-refractivity contribution in [3.63, 3.8) is 0 Å². The zero-order chi connectivity index (χ0) is 18.5. The fraction of sp³-hybridized carbons (Fsp3) is 0.316. The topological polar surface area (TPSA) is 20.3 Å². The van der Waals surface area contributed by atoms with Gasteiger partial charge in [-0.1, -0.05) is 43.4 Å². The molecule has 1 rings (SSSR count). The molecule has 0 saturated heterocycles. The molecule has 0 bridgehead atoms. The Morgan fingerprint density at radius 1 is 1.33 bits per heavy atom. The number of carbonyl (C=O) groups excluding carboxylic acids is 1. The van der Waals surface area contributed by atoms with E-state index in [1.165, 1.54) is 16.4 Å². The van der Waals surface area contributed by atoms with Crippen LogP contribution in [-0.4, -0.2) is 13.0 Å². The van der Waals surface area contributed by atoms with Crippen LogP contribution in [0.4, 0.5) is 5.69 Å². The second-order valence-corrected chi connectivity index (χ2v) is 7.04. The Bertz CT molecular complexity index is 580. The number of rotatable bonds is 8. The summed E-state index contributed by atoms with van der Waals surface area (Å²) in [4.78, 5) is 14.1. The van der Waals surface area contributed by atoms with Crippen molar-refractivity contribution in [1.82, 2.24) is 0 Å². The summed E-state index contributed by atoms with van der Waals surface area (Å²) in [6.45, 7) is 12.5. The lowest BCUT2D eigenvalue weighted by Crippen LogP contribution is -2.22. The van der Waals surface area contributed by atoms with E-state index in [2.05, 4.69) is 53.8 Å². The van der Waals surface area contributed by atoms with Gasteiger partial charge in [0.2, 0.25) is 6.41 Å². The minimum Gasteiger partial charge on any atom is -0.315 e. The molecule has 0 aliphatic carbocycles. The molecule has 0 aliphatic rings. The van der Waals surface area contributed by atoms with Crippen LogP contribution in [0.1, 0.15) is 34.1 Å². The number of nitrogens with zero attached hydrogens (tertiary/aromatic N) is 1. The number of thiol groups is 1. The number of allylic oxidation sites excluding steroid dienone is 3. The molecule has 0 N–H and O–H groups in total. The minimum atomic E-state index is 0.642. The predicted molar refractivity (Wildman–Crippen MR) is 122 cm³/mol. The van der Waals surface area contributed by atoms with E-state index in [4.69, 9.17) is 0 Å². The summed E-state index contributed by atoms with van der Waals surface area (Å²) in [6.07, 6.45) is 5.57. The number of anilines is 1. The van der Waals surface area contributed by atoms with E-state index in [-0.39, 0.29) is 0 Å². The smallest absolute Gasteiger partial charge is 0.214 e. The van der Waals surface area contributed by atoms with Crippen LogP contribution in [-0.2, 0) is 4.79 Å². The molecular weight excluding hydrogens is 449 g/mol. The lowest BCUT2D eigenvalue weighted by molar-refractivity contribution is -0.107. The average Bonchev–Trinajstić information content (AvgIpc) is 2.62. The largest absolute Gasteiger partial charge is 0.315 e. The molecule has 1 aromatic rings. The summed E-state index contributed by atoms with van der Waals surface area (Å²) in [7, 11) is 1.39. The monoisotopic (exact) mass is 475 g/mol. The van der Waals surface area contributed by atoms with Crippen molar-refractivity contribution < 1.29 is 4.79 Å². The van der Waals surface area contributed by atoms with E-state index in [1.54, 1.807) is 4.90 Å². The Morgan fingerprint density at radius 3 is 2.33 bits per heavy atom. The Balaban J connectivity index is 0.00000254. The molecule has 0 aliphatic heterocycles. The van der Waals surface area contributed by atoms with Gasteiger partial charge in [-0.3, -0.25) is 4.79 Å². The van der Waals surface area contributed by atoms with E-state index < -0.39 is 0 Å². The molecule has 0 heterocycles. The van der Waals surface area contributed by atoms with Gasteiger partial charge in [-0.15, -0.1) is 11.7 Å². The number of carbonyl (C=O) groups is 1. The van der Waals surface area contributed by atoms with Crippen molar-refractivity contribution in [2.75, 3.05) is 11.4 Å². The van der Waals surface area contributed by atoms with Crippen LogP contribution in [0.25, 0.3) is 0 Å². The van der Waals surface area contributed by atoms with E-state index in [1.807, 2.05) is 51.1 Å². The normalized spacial score (nSPS) is 11.8. The maximum Gasteiger partial charge on any atom is 0.214 e. The van der Waals surface area contributed by atoms with E-state index in [9.17, 15) is 4.79 Å². The SMILES string of the molecule is C=C/C(SS)=C(C)\C(=C/C)CCN(C=O)c1ccc(I)cc1.CC. The molecule has 132 valence electrons. The van der Waals surface area contributed by atoms with Gasteiger partial charge in [-0.25, -0.2) is 0 Å². The van der Waals surface area contributed by atoms with Crippen LogP contribution in [0.5, 0.6) is 0 Å². The van der Waals surface area contributed by atoms with Crippen molar-refractivity contribution in [3.8, 4) is 0 Å². The van der Waals surface area contributed by atoms with Gasteiger partial charge in [0.25, 0.3) is 0 Å². The van der Waals surface area contributed by atoms with Crippen LogP contribution >= 0.6 is 45.0 Å². The maximum absolute atomic E-state index is 11.4. The van der Waals surface area contributed by atoms with Gasteiger partial charge >= 0.3 is 0 Å². The first-order valence-electron chi connectivity index (χ1n) is 7.85. The molecular formula is C19H26INOS2. The molecule has 1 amide bonds. The number of hydrogen-bond donors (Lipinski definition) is 1. The first-order chi connectivity index (χ1) is 11.6. The molecule has 0 atom stereocenters. The number of amides is 1. The highest BCUT2D eigenvalue weighted by atomic mass is 127. The van der Waals surface area contributed by atoms with E-state index in [0.717, 1.165) is 32.6 Å². The summed E-state index contributed by atoms with van der Waals surface area (Å²) in [6, 6.07) is 7.93. The fourth-order valence-corrected chi connectivity index (χ4v) is 3.42. The zero-order valence-corrected chi connectivity index (χ0v) is 18.6. The number of benzene rings is 1. The van der Waals surface area contributed by atoms with Gasteiger partial charge in [0, 0.05) is 20.7 Å². The van der Waals surface area contributed by atoms with Crippen LogP contribution in [0, 0.1) is 3.57 Å². The maximum atomic E-state index is 11.4. The predicted octanol–water partition coefficient (Wildman–Crippen LogP) is 6.65. The Kier molecular flexibility index (Phi) is 13.2. The van der Waals surface area contributed by atoms with Crippen molar-refractivity contribution >= 4 is 57.1 Å². The molecule has 0 spiro atoms. The Hall–Kier alpha value is -0.660. The molecule has 0 unspecified atom stereocenters. The summed E-state index contributed by atoms with van der Waals surface area (Å²) in [5.74, 6) is 0. The molecule has 2 nitrogen and oxygen atoms in total. The van der Waals surface area contributed by atoms with E-state index in [0.29, 0.717) is 6.54 Å². The Morgan fingerprint density at radius 2 is 1.92 bits per heavy atom. The first kappa shape index (κ1) is 23.3. The zero-order valence-electron chi connectivity index (χ0n) is 14.8. The average molecular weight is 475 g/mol. The van der Waals surface area contributed by atoms with Gasteiger partial charge in [-0.05, 0) is 78.3 Å². The molecule has 24 heavy (non-hydrogen) atoms. The van der Waals surface area contributed by atoms with Crippen molar-refractivity contribution in [1.29, 1.82) is 0 Å². The molecule has 5 heteroatoms. The third kappa shape index (κ3) is 7.49. The van der Waals surface area contributed by atoms with Gasteiger partial charge in [0.05, 0.1) is 0 Å². The van der Waals surface area contributed by atoms with Crippen molar-refractivity contribution in [2.24, 2.45) is 0 Å². The van der Waals surface area contributed by atoms with Gasteiger partial charge in [0.1, 0.15) is 0 Å². The quantitative estimate of drug-likeness (QED) is 0.149. The number of hydrogen-bond acceptors (Lipinski definition) is 3. The second-order valence-electron chi connectivity index (χ2n) is 4.62. The second kappa shape index (κ2) is 13.6. The van der Waals surface area contributed by atoms with E-state index >= 15 is 0 Å². The number of halogens is 1. The van der Waals surface area contributed by atoms with Crippen LogP contribution in [0.2, 0.25) is 0 Å². The van der Waals surface area contributed by atoms with Gasteiger partial charge in [-0.2, -0.15) is 0 Å². The highest BCUT2D eigenvalue weighted by Crippen LogP contribution is 2.29. The van der Waals surface area contributed by atoms with Crippen LogP contribution < -0.4 is 4.90 Å². The molecule has 0 fully saturated rings. The lowest BCUT2D eigenvalue weighted by atomic mass is 10.0. The third-order valence-corrected chi connectivity index (χ3v) is 5.37. The summed E-state index contributed by atoms with van der Waals surface area (Å²) in [5, 5.41) is 0. The third-order valence-electron chi connectivity index (χ3n) is 3.39. The van der Waals surface area contributed by atoms with Gasteiger partial charge in [0.15, 0.2) is 0 Å². The summed E-state index contributed by atoms with van der Waals surface area (Å²) in [5.41, 5.74) is 3.28. The molecule has 0 radical (unpaired) electrons. The highest BCUT2D eigenvalue weighted by Gasteiger charge is 2.09. The minimum absolute atomic E-state index is 0.642. The van der Waals surface area contributed by atoms with Gasteiger partial charge < -0.3 is 4.90 Å². The fourth-order valence-electron chi connectivity index (χ4n) is 2.08. The summed E-state index contributed by atoms with van der Waals surface area (Å²) < 4.78 is 1.15. The molecule has 0 saturated carbocycles. The highest BCUT2D eigenvalue weighted by molar-refractivity contribution is 14.1.